The normalized spacial score (nSPS) is 13.0. The fraction of sp³-hybridized carbons (Fsp3) is 0.333. The average Bonchev–Trinajstić information content (AvgIpc) is 2.08. The maximum absolute atomic E-state index is 5.77. The second kappa shape index (κ2) is 4.03. The van der Waals surface area contributed by atoms with E-state index in [1.807, 2.05) is 19.1 Å². The zero-order valence-corrected chi connectivity index (χ0v) is 8.64. The van der Waals surface area contributed by atoms with Crippen LogP contribution in [-0.4, -0.2) is 6.54 Å². The third kappa shape index (κ3) is 2.06. The summed E-state index contributed by atoms with van der Waals surface area (Å²) >= 11 is 3.43. The molecule has 0 radical (unpaired) electrons. The van der Waals surface area contributed by atoms with Gasteiger partial charge in [-0.2, -0.15) is 0 Å². The monoisotopic (exact) mass is 228 g/mol. The number of aryl methyl sites for hydroxylation is 1. The van der Waals surface area contributed by atoms with Crippen molar-refractivity contribution in [3.05, 3.63) is 33.8 Å². The fourth-order valence-electron chi connectivity index (χ4n) is 1.03. The largest absolute Gasteiger partial charge is 0.329 e. The van der Waals surface area contributed by atoms with Gasteiger partial charge >= 0.3 is 0 Å². The van der Waals surface area contributed by atoms with Crippen LogP contribution in [0.3, 0.4) is 0 Å². The van der Waals surface area contributed by atoms with Crippen LogP contribution in [0.2, 0.25) is 0 Å². The molecule has 0 heterocycles. The van der Waals surface area contributed by atoms with Gasteiger partial charge in [0.15, 0.2) is 0 Å². The van der Waals surface area contributed by atoms with E-state index in [9.17, 15) is 0 Å². The minimum absolute atomic E-state index is 0.0446. The van der Waals surface area contributed by atoms with E-state index in [0.717, 1.165) is 10.0 Å². The number of hydrogen-bond donors (Lipinski definition) is 2. The highest BCUT2D eigenvalue weighted by molar-refractivity contribution is 9.10. The second-order valence-corrected chi connectivity index (χ2v) is 3.71. The summed E-state index contributed by atoms with van der Waals surface area (Å²) < 4.78 is 1.11. The highest BCUT2D eigenvalue weighted by atomic mass is 79.9. The van der Waals surface area contributed by atoms with E-state index in [1.165, 1.54) is 5.56 Å². The Morgan fingerprint density at radius 1 is 1.50 bits per heavy atom. The molecule has 1 aromatic rings. The fourth-order valence-corrected chi connectivity index (χ4v) is 1.28. The van der Waals surface area contributed by atoms with Gasteiger partial charge in [-0.3, -0.25) is 0 Å². The Labute approximate surface area is 81.1 Å². The van der Waals surface area contributed by atoms with E-state index in [-0.39, 0.29) is 6.04 Å². The van der Waals surface area contributed by atoms with Crippen LogP contribution in [0.15, 0.2) is 22.7 Å². The molecule has 2 nitrogen and oxygen atoms in total. The quantitative estimate of drug-likeness (QED) is 0.811. The van der Waals surface area contributed by atoms with Gasteiger partial charge in [-0.05, 0) is 24.1 Å². The first-order valence-electron chi connectivity index (χ1n) is 3.87. The Bertz CT molecular complexity index is 273. The van der Waals surface area contributed by atoms with Crippen LogP contribution in [0, 0.1) is 6.92 Å². The standard InChI is InChI=1S/C9H13BrN2/c1-6-4-7(9(12)5-11)2-3-8(6)10/h2-4,9H,5,11-12H2,1H3. The Kier molecular flexibility index (Phi) is 3.26. The summed E-state index contributed by atoms with van der Waals surface area (Å²) in [4.78, 5) is 0. The molecule has 12 heavy (non-hydrogen) atoms. The van der Waals surface area contributed by atoms with E-state index >= 15 is 0 Å². The third-order valence-electron chi connectivity index (χ3n) is 1.86. The van der Waals surface area contributed by atoms with Gasteiger partial charge in [0.1, 0.15) is 0 Å². The molecule has 0 fully saturated rings. The van der Waals surface area contributed by atoms with Crippen LogP contribution >= 0.6 is 15.9 Å². The van der Waals surface area contributed by atoms with Crippen LogP contribution < -0.4 is 11.5 Å². The average molecular weight is 229 g/mol. The molecule has 1 atom stereocenters. The summed E-state index contributed by atoms with van der Waals surface area (Å²) in [5, 5.41) is 0. The first-order chi connectivity index (χ1) is 5.65. The SMILES string of the molecule is Cc1cc(C(N)CN)ccc1Br. The number of halogens is 1. The molecular formula is C9H13BrN2. The number of benzene rings is 1. The highest BCUT2D eigenvalue weighted by Crippen LogP contribution is 2.19. The topological polar surface area (TPSA) is 52.0 Å². The maximum atomic E-state index is 5.77. The van der Waals surface area contributed by atoms with Crippen molar-refractivity contribution in [2.24, 2.45) is 11.5 Å². The Morgan fingerprint density at radius 2 is 2.17 bits per heavy atom. The van der Waals surface area contributed by atoms with Crippen LogP contribution in [0.4, 0.5) is 0 Å². The van der Waals surface area contributed by atoms with Crippen LogP contribution in [0.5, 0.6) is 0 Å². The molecule has 0 amide bonds. The molecule has 0 saturated heterocycles. The van der Waals surface area contributed by atoms with Crippen molar-refractivity contribution in [3.63, 3.8) is 0 Å². The minimum atomic E-state index is -0.0446. The molecule has 0 aliphatic rings. The first-order valence-corrected chi connectivity index (χ1v) is 4.66. The molecule has 0 bridgehead atoms. The van der Waals surface area contributed by atoms with E-state index in [0.29, 0.717) is 6.54 Å². The van der Waals surface area contributed by atoms with Crippen molar-refractivity contribution in [2.75, 3.05) is 6.54 Å². The van der Waals surface area contributed by atoms with Crippen LogP contribution in [-0.2, 0) is 0 Å². The zero-order chi connectivity index (χ0) is 9.14. The molecule has 1 rings (SSSR count). The summed E-state index contributed by atoms with van der Waals surface area (Å²) in [6.07, 6.45) is 0. The summed E-state index contributed by atoms with van der Waals surface area (Å²) in [6, 6.07) is 6.01. The van der Waals surface area contributed by atoms with Gasteiger partial charge in [-0.25, -0.2) is 0 Å². The molecule has 0 spiro atoms. The van der Waals surface area contributed by atoms with E-state index < -0.39 is 0 Å². The molecular weight excluding hydrogens is 216 g/mol. The van der Waals surface area contributed by atoms with Gasteiger partial charge in [0.05, 0.1) is 0 Å². The first kappa shape index (κ1) is 9.71. The molecule has 3 heteroatoms. The summed E-state index contributed by atoms with van der Waals surface area (Å²) in [5.74, 6) is 0. The van der Waals surface area contributed by atoms with Crippen molar-refractivity contribution in [1.82, 2.24) is 0 Å². The minimum Gasteiger partial charge on any atom is -0.329 e. The maximum Gasteiger partial charge on any atom is 0.0419 e. The lowest BCUT2D eigenvalue weighted by Crippen LogP contribution is -2.20. The molecule has 66 valence electrons. The summed E-state index contributed by atoms with van der Waals surface area (Å²) in [5.41, 5.74) is 13.5. The Morgan fingerprint density at radius 3 is 2.67 bits per heavy atom. The van der Waals surface area contributed by atoms with Gasteiger partial charge < -0.3 is 11.5 Å². The molecule has 0 aliphatic carbocycles. The summed E-state index contributed by atoms with van der Waals surface area (Å²) in [7, 11) is 0. The lowest BCUT2D eigenvalue weighted by atomic mass is 10.1. The predicted molar refractivity (Wildman–Crippen MR) is 54.9 cm³/mol. The van der Waals surface area contributed by atoms with Crippen molar-refractivity contribution in [2.45, 2.75) is 13.0 Å². The number of hydrogen-bond acceptors (Lipinski definition) is 2. The molecule has 0 aromatic heterocycles. The van der Waals surface area contributed by atoms with Crippen molar-refractivity contribution >= 4 is 15.9 Å². The molecule has 0 aliphatic heterocycles. The van der Waals surface area contributed by atoms with Gasteiger partial charge in [0.25, 0.3) is 0 Å². The number of rotatable bonds is 2. The van der Waals surface area contributed by atoms with E-state index in [4.69, 9.17) is 11.5 Å². The number of nitrogens with two attached hydrogens (primary N) is 2. The van der Waals surface area contributed by atoms with E-state index in [2.05, 4.69) is 22.0 Å². The van der Waals surface area contributed by atoms with Crippen molar-refractivity contribution in [3.8, 4) is 0 Å². The van der Waals surface area contributed by atoms with Crippen molar-refractivity contribution in [1.29, 1.82) is 0 Å². The van der Waals surface area contributed by atoms with E-state index in [1.54, 1.807) is 0 Å². The third-order valence-corrected chi connectivity index (χ3v) is 2.75. The van der Waals surface area contributed by atoms with Crippen LogP contribution in [0.25, 0.3) is 0 Å². The molecule has 1 unspecified atom stereocenters. The highest BCUT2D eigenvalue weighted by Gasteiger charge is 2.03. The second-order valence-electron chi connectivity index (χ2n) is 2.85. The lowest BCUT2D eigenvalue weighted by Gasteiger charge is -2.10. The smallest absolute Gasteiger partial charge is 0.0419 e. The Balaban J connectivity index is 2.96. The lowest BCUT2D eigenvalue weighted by molar-refractivity contribution is 0.736. The van der Waals surface area contributed by atoms with Gasteiger partial charge in [-0.1, -0.05) is 28.1 Å². The molecule has 1 aromatic carbocycles. The zero-order valence-electron chi connectivity index (χ0n) is 7.05. The van der Waals surface area contributed by atoms with Crippen molar-refractivity contribution < 1.29 is 0 Å². The van der Waals surface area contributed by atoms with Gasteiger partial charge in [0, 0.05) is 17.1 Å². The van der Waals surface area contributed by atoms with Gasteiger partial charge in [-0.15, -0.1) is 0 Å². The van der Waals surface area contributed by atoms with Gasteiger partial charge in [0.2, 0.25) is 0 Å². The Hall–Kier alpha value is -0.380. The predicted octanol–water partition coefficient (Wildman–Crippen LogP) is 1.72. The molecule has 0 saturated carbocycles. The van der Waals surface area contributed by atoms with Crippen LogP contribution in [0.1, 0.15) is 17.2 Å². The molecule has 4 N–H and O–H groups in total. The summed E-state index contributed by atoms with van der Waals surface area (Å²) in [6.45, 7) is 2.53.